The largest absolute Gasteiger partial charge is 0.370 e. The van der Waals surface area contributed by atoms with Crippen LogP contribution in [0.1, 0.15) is 29.6 Å². The van der Waals surface area contributed by atoms with Crippen molar-refractivity contribution in [2.24, 2.45) is 0 Å². The fourth-order valence-corrected chi connectivity index (χ4v) is 4.24. The summed E-state index contributed by atoms with van der Waals surface area (Å²) in [5.41, 5.74) is 2.38. The monoisotopic (exact) mass is 423 g/mol. The van der Waals surface area contributed by atoms with Gasteiger partial charge in [0.05, 0.1) is 10.7 Å². The fraction of sp³-hybridized carbons (Fsp3) is 0.217. The van der Waals surface area contributed by atoms with Crippen LogP contribution >= 0.6 is 23.8 Å². The predicted molar refractivity (Wildman–Crippen MR) is 125 cm³/mol. The first-order chi connectivity index (χ1) is 14.1. The van der Waals surface area contributed by atoms with E-state index in [1.807, 2.05) is 54.6 Å². The minimum Gasteiger partial charge on any atom is -0.370 e. The zero-order valence-corrected chi connectivity index (χ0v) is 17.5. The molecule has 4 rings (SSSR count). The van der Waals surface area contributed by atoms with Crippen molar-refractivity contribution in [3.05, 3.63) is 71.2 Å². The molecule has 0 bridgehead atoms. The zero-order valence-electron chi connectivity index (χ0n) is 16.0. The van der Waals surface area contributed by atoms with Crippen molar-refractivity contribution in [1.29, 1.82) is 0 Å². The molecule has 1 fully saturated rings. The Balaban J connectivity index is 1.44. The number of hydrogen-bond acceptors (Lipinski definition) is 3. The molecule has 6 heteroatoms. The second kappa shape index (κ2) is 8.80. The third-order valence-corrected chi connectivity index (χ3v) is 5.67. The van der Waals surface area contributed by atoms with Crippen LogP contribution in [0, 0.1) is 0 Å². The molecule has 0 saturated carbocycles. The van der Waals surface area contributed by atoms with Crippen LogP contribution in [0.25, 0.3) is 10.8 Å². The molecular weight excluding hydrogens is 402 g/mol. The molecule has 1 heterocycles. The van der Waals surface area contributed by atoms with Gasteiger partial charge in [-0.25, -0.2) is 0 Å². The number of hydrogen-bond donors (Lipinski definition) is 2. The van der Waals surface area contributed by atoms with Gasteiger partial charge in [-0.3, -0.25) is 10.1 Å². The topological polar surface area (TPSA) is 44.4 Å². The Morgan fingerprint density at radius 2 is 1.72 bits per heavy atom. The summed E-state index contributed by atoms with van der Waals surface area (Å²) in [5, 5.41) is 8.65. The first-order valence-electron chi connectivity index (χ1n) is 9.76. The van der Waals surface area contributed by atoms with E-state index in [1.54, 1.807) is 6.07 Å². The van der Waals surface area contributed by atoms with Gasteiger partial charge in [-0.05, 0) is 66.5 Å². The lowest BCUT2D eigenvalue weighted by Crippen LogP contribution is -2.34. The Morgan fingerprint density at radius 1 is 0.966 bits per heavy atom. The molecule has 1 aliphatic heterocycles. The number of amides is 1. The van der Waals surface area contributed by atoms with Crippen LogP contribution in [0.5, 0.6) is 0 Å². The molecule has 1 amide bonds. The Bertz CT molecular complexity index is 1060. The third kappa shape index (κ3) is 4.52. The number of nitrogens with zero attached hydrogens (tertiary/aromatic N) is 1. The molecule has 0 atom stereocenters. The lowest BCUT2D eigenvalue weighted by Gasteiger charge is -2.29. The molecule has 1 aliphatic rings. The van der Waals surface area contributed by atoms with Crippen LogP contribution in [0.2, 0.25) is 5.02 Å². The number of halogens is 1. The lowest BCUT2D eigenvalue weighted by atomic mass is 10.0. The molecule has 0 spiro atoms. The summed E-state index contributed by atoms with van der Waals surface area (Å²) in [7, 11) is 0. The van der Waals surface area contributed by atoms with E-state index in [1.165, 1.54) is 19.3 Å². The molecular formula is C23H22ClN3OS. The van der Waals surface area contributed by atoms with Gasteiger partial charge in [0.25, 0.3) is 5.91 Å². The van der Waals surface area contributed by atoms with Crippen molar-refractivity contribution < 1.29 is 4.79 Å². The number of thiocarbonyl (C=S) groups is 1. The summed E-state index contributed by atoms with van der Waals surface area (Å²) >= 11 is 11.8. The van der Waals surface area contributed by atoms with Crippen LogP contribution in [0.15, 0.2) is 60.7 Å². The number of anilines is 2. The Labute approximate surface area is 180 Å². The van der Waals surface area contributed by atoms with E-state index in [2.05, 4.69) is 15.5 Å². The summed E-state index contributed by atoms with van der Waals surface area (Å²) in [6.45, 7) is 2.07. The highest BCUT2D eigenvalue weighted by Crippen LogP contribution is 2.30. The predicted octanol–water partition coefficient (Wildman–Crippen LogP) is 5.61. The molecule has 29 heavy (non-hydrogen) atoms. The molecule has 0 aromatic heterocycles. The summed E-state index contributed by atoms with van der Waals surface area (Å²) in [6, 6.07) is 19.2. The Kier molecular flexibility index (Phi) is 5.97. The van der Waals surface area contributed by atoms with Gasteiger partial charge in [0, 0.05) is 24.3 Å². The molecule has 0 unspecified atom stereocenters. The first kappa shape index (κ1) is 19.7. The Morgan fingerprint density at radius 3 is 2.52 bits per heavy atom. The number of carbonyl (C=O) groups is 1. The van der Waals surface area contributed by atoms with Crippen LogP contribution in [0.4, 0.5) is 11.4 Å². The fourth-order valence-electron chi connectivity index (χ4n) is 3.73. The number of piperidine rings is 1. The average Bonchev–Trinajstić information content (AvgIpc) is 2.74. The molecule has 148 valence electrons. The minimum absolute atomic E-state index is 0.240. The lowest BCUT2D eigenvalue weighted by molar-refractivity contribution is 0.0979. The molecule has 3 aromatic carbocycles. The Hall–Kier alpha value is -2.63. The van der Waals surface area contributed by atoms with Crippen molar-refractivity contribution in [2.75, 3.05) is 23.3 Å². The van der Waals surface area contributed by atoms with Crippen LogP contribution in [0.3, 0.4) is 0 Å². The van der Waals surface area contributed by atoms with Gasteiger partial charge in [-0.15, -0.1) is 0 Å². The van der Waals surface area contributed by atoms with Gasteiger partial charge in [-0.1, -0.05) is 48.0 Å². The standard InChI is InChI=1S/C23H22ClN3OS/c24-20-15-17(11-12-21(20)27-13-4-1-5-14-27)25-23(29)26-22(28)19-10-6-8-16-7-2-3-9-18(16)19/h2-3,6-12,15H,1,4-5,13-14H2,(H2,25,26,28,29). The quantitative estimate of drug-likeness (QED) is 0.537. The molecule has 3 aromatic rings. The number of benzene rings is 3. The van der Waals surface area contributed by atoms with E-state index in [-0.39, 0.29) is 11.0 Å². The van der Waals surface area contributed by atoms with Crippen LogP contribution in [-0.4, -0.2) is 24.1 Å². The first-order valence-corrected chi connectivity index (χ1v) is 10.5. The maximum absolute atomic E-state index is 12.7. The molecule has 0 aliphatic carbocycles. The van der Waals surface area contributed by atoms with E-state index < -0.39 is 0 Å². The van der Waals surface area contributed by atoms with Crippen molar-refractivity contribution in [3.63, 3.8) is 0 Å². The van der Waals surface area contributed by atoms with E-state index in [4.69, 9.17) is 23.8 Å². The summed E-state index contributed by atoms with van der Waals surface area (Å²) in [4.78, 5) is 15.0. The molecule has 1 saturated heterocycles. The highest BCUT2D eigenvalue weighted by Gasteiger charge is 2.15. The van der Waals surface area contributed by atoms with Gasteiger partial charge >= 0.3 is 0 Å². The normalized spacial score (nSPS) is 13.9. The summed E-state index contributed by atoms with van der Waals surface area (Å²) < 4.78 is 0. The highest BCUT2D eigenvalue weighted by atomic mass is 35.5. The summed E-state index contributed by atoms with van der Waals surface area (Å²) in [6.07, 6.45) is 3.67. The van der Waals surface area contributed by atoms with E-state index >= 15 is 0 Å². The third-order valence-electron chi connectivity index (χ3n) is 5.16. The molecule has 2 N–H and O–H groups in total. The maximum Gasteiger partial charge on any atom is 0.258 e. The minimum atomic E-state index is -0.240. The van der Waals surface area contributed by atoms with Crippen molar-refractivity contribution >= 4 is 57.0 Å². The second-order valence-corrected chi connectivity index (χ2v) is 7.96. The maximum atomic E-state index is 12.7. The van der Waals surface area contributed by atoms with E-state index in [0.717, 1.165) is 35.2 Å². The summed E-state index contributed by atoms with van der Waals surface area (Å²) in [5.74, 6) is -0.240. The average molecular weight is 424 g/mol. The molecule has 0 radical (unpaired) electrons. The van der Waals surface area contributed by atoms with Gasteiger partial charge in [0.15, 0.2) is 5.11 Å². The van der Waals surface area contributed by atoms with Gasteiger partial charge < -0.3 is 10.2 Å². The highest BCUT2D eigenvalue weighted by molar-refractivity contribution is 7.80. The number of rotatable bonds is 3. The van der Waals surface area contributed by atoms with Crippen molar-refractivity contribution in [2.45, 2.75) is 19.3 Å². The van der Waals surface area contributed by atoms with E-state index in [0.29, 0.717) is 10.6 Å². The number of fused-ring (bicyclic) bond motifs is 1. The number of nitrogens with one attached hydrogen (secondary N) is 2. The van der Waals surface area contributed by atoms with E-state index in [9.17, 15) is 4.79 Å². The zero-order chi connectivity index (χ0) is 20.2. The van der Waals surface area contributed by atoms with Crippen molar-refractivity contribution in [1.82, 2.24) is 5.32 Å². The van der Waals surface area contributed by atoms with Crippen LogP contribution in [-0.2, 0) is 0 Å². The van der Waals surface area contributed by atoms with Crippen molar-refractivity contribution in [3.8, 4) is 0 Å². The SMILES string of the molecule is O=C(NC(=S)Nc1ccc(N2CCCCC2)c(Cl)c1)c1cccc2ccccc12. The molecule has 4 nitrogen and oxygen atoms in total. The van der Waals surface area contributed by atoms with Crippen LogP contribution < -0.4 is 15.5 Å². The second-order valence-electron chi connectivity index (χ2n) is 7.15. The van der Waals surface area contributed by atoms with Gasteiger partial charge in [0.2, 0.25) is 0 Å². The van der Waals surface area contributed by atoms with Gasteiger partial charge in [-0.2, -0.15) is 0 Å². The smallest absolute Gasteiger partial charge is 0.258 e. The van der Waals surface area contributed by atoms with Gasteiger partial charge in [0.1, 0.15) is 0 Å². The number of carbonyl (C=O) groups excluding carboxylic acids is 1.